The molecule has 0 radical (unpaired) electrons. The van der Waals surface area contributed by atoms with Crippen LogP contribution < -0.4 is 11.5 Å². The largest absolute Gasteiger partial charge is 0.394 e. The van der Waals surface area contributed by atoms with E-state index in [9.17, 15) is 0 Å². The highest BCUT2D eigenvalue weighted by molar-refractivity contribution is 5.81. The standard InChI is InChI=1S/C5H6N6.C5H10O5/c6-3-2-4(9-1-8-2)11-5(7)10-3;6-1-2-3(7)4(8)5(9)10-2/h1H,(H5,6,7,8,9,10,11);2-9H,1H2/t;2-,3-,4-,5-/m.1/s1. The lowest BCUT2D eigenvalue weighted by molar-refractivity contribution is -0.132. The molecule has 11 nitrogen and oxygen atoms in total. The van der Waals surface area contributed by atoms with E-state index in [2.05, 4.69) is 24.7 Å². The Labute approximate surface area is 118 Å². The first kappa shape index (κ1) is 15.3. The molecule has 0 aromatic carbocycles. The van der Waals surface area contributed by atoms with E-state index in [1.54, 1.807) is 0 Å². The van der Waals surface area contributed by atoms with E-state index in [1.807, 2.05) is 0 Å². The molecule has 0 spiro atoms. The molecular formula is C10H16N6O5. The van der Waals surface area contributed by atoms with E-state index in [1.165, 1.54) is 6.33 Å². The van der Waals surface area contributed by atoms with Crippen LogP contribution in [0.2, 0.25) is 0 Å². The Hall–Kier alpha value is -2.05. The molecule has 2 aromatic rings. The predicted molar refractivity (Wildman–Crippen MR) is 70.5 cm³/mol. The van der Waals surface area contributed by atoms with E-state index >= 15 is 0 Å². The van der Waals surface area contributed by atoms with Gasteiger partial charge in [-0.1, -0.05) is 0 Å². The van der Waals surface area contributed by atoms with Crippen LogP contribution in [0.1, 0.15) is 0 Å². The lowest BCUT2D eigenvalue weighted by atomic mass is 10.1. The van der Waals surface area contributed by atoms with Gasteiger partial charge >= 0.3 is 0 Å². The summed E-state index contributed by atoms with van der Waals surface area (Å²) < 4.78 is 4.54. The van der Waals surface area contributed by atoms with Gasteiger partial charge in [0.25, 0.3) is 0 Å². The van der Waals surface area contributed by atoms with Crippen LogP contribution in [0.15, 0.2) is 6.33 Å². The summed E-state index contributed by atoms with van der Waals surface area (Å²) in [4.78, 5) is 14.3. The van der Waals surface area contributed by atoms with Crippen molar-refractivity contribution >= 4 is 22.9 Å². The molecule has 21 heavy (non-hydrogen) atoms. The lowest BCUT2D eigenvalue weighted by Gasteiger charge is -2.09. The summed E-state index contributed by atoms with van der Waals surface area (Å²) >= 11 is 0. The fourth-order valence-electron chi connectivity index (χ4n) is 1.75. The van der Waals surface area contributed by atoms with E-state index in [4.69, 9.17) is 31.9 Å². The Balaban J connectivity index is 0.000000155. The summed E-state index contributed by atoms with van der Waals surface area (Å²) in [5.41, 5.74) is 11.9. The molecule has 1 fully saturated rings. The highest BCUT2D eigenvalue weighted by atomic mass is 16.6. The van der Waals surface area contributed by atoms with Gasteiger partial charge in [0.15, 0.2) is 17.8 Å². The second kappa shape index (κ2) is 6.15. The first-order valence-electron chi connectivity index (χ1n) is 5.96. The summed E-state index contributed by atoms with van der Waals surface area (Å²) in [6.45, 7) is -0.407. The zero-order valence-electron chi connectivity index (χ0n) is 10.8. The predicted octanol–water partition coefficient (Wildman–Crippen LogP) is -3.06. The van der Waals surface area contributed by atoms with Crippen LogP contribution in [0.4, 0.5) is 11.8 Å². The molecule has 116 valence electrons. The summed E-state index contributed by atoms with van der Waals surface area (Å²) in [7, 11) is 0. The van der Waals surface area contributed by atoms with E-state index in [0.29, 0.717) is 17.0 Å². The third-order valence-electron chi connectivity index (χ3n) is 2.85. The van der Waals surface area contributed by atoms with Crippen molar-refractivity contribution in [3.05, 3.63) is 6.33 Å². The molecule has 1 saturated heterocycles. The Morgan fingerprint density at radius 1 is 1.19 bits per heavy atom. The zero-order chi connectivity index (χ0) is 15.6. The van der Waals surface area contributed by atoms with Crippen LogP contribution in [0.25, 0.3) is 11.2 Å². The molecule has 2 aromatic heterocycles. The number of hydrogen-bond acceptors (Lipinski definition) is 10. The minimum absolute atomic E-state index is 0.141. The van der Waals surface area contributed by atoms with Gasteiger partial charge in [-0.25, -0.2) is 4.98 Å². The lowest BCUT2D eigenvalue weighted by Crippen LogP contribution is -2.33. The van der Waals surface area contributed by atoms with Gasteiger partial charge in [0.05, 0.1) is 12.9 Å². The quantitative estimate of drug-likeness (QED) is 0.284. The van der Waals surface area contributed by atoms with Crippen molar-refractivity contribution < 1.29 is 25.2 Å². The average Bonchev–Trinajstić information content (AvgIpc) is 3.00. The molecule has 11 heteroatoms. The van der Waals surface area contributed by atoms with Crippen LogP contribution in [0.3, 0.4) is 0 Å². The SMILES string of the molecule is Nc1nc(N)c2[nH]cnc2n1.OC[C@H]1O[C@@H](O)[C@H](O)[C@@H]1O. The summed E-state index contributed by atoms with van der Waals surface area (Å²) in [6, 6.07) is 0. The third-order valence-corrected chi connectivity index (χ3v) is 2.85. The number of nitrogens with zero attached hydrogens (tertiary/aromatic N) is 3. The smallest absolute Gasteiger partial charge is 0.224 e. The van der Waals surface area contributed by atoms with Crippen molar-refractivity contribution in [2.75, 3.05) is 18.1 Å². The summed E-state index contributed by atoms with van der Waals surface area (Å²) in [5.74, 6) is 0.465. The highest BCUT2D eigenvalue weighted by Crippen LogP contribution is 2.18. The van der Waals surface area contributed by atoms with Crippen molar-refractivity contribution in [3.8, 4) is 0 Å². The maximum atomic E-state index is 8.93. The van der Waals surface area contributed by atoms with Gasteiger partial charge in [-0.15, -0.1) is 0 Å². The molecule has 3 rings (SSSR count). The minimum Gasteiger partial charge on any atom is -0.394 e. The first-order chi connectivity index (χ1) is 9.93. The molecule has 1 aliphatic heterocycles. The number of nitrogens with one attached hydrogen (secondary N) is 1. The summed E-state index contributed by atoms with van der Waals surface area (Å²) in [6.07, 6.45) is -3.26. The molecule has 0 bridgehead atoms. The Morgan fingerprint density at radius 3 is 2.43 bits per heavy atom. The molecule has 0 amide bonds. The molecule has 1 aliphatic rings. The molecule has 9 N–H and O–H groups in total. The fraction of sp³-hybridized carbons (Fsp3) is 0.500. The Kier molecular flexibility index (Phi) is 4.50. The number of aliphatic hydroxyl groups is 4. The van der Waals surface area contributed by atoms with E-state index < -0.39 is 31.2 Å². The third kappa shape index (κ3) is 3.17. The number of nitrogens with two attached hydrogens (primary N) is 2. The number of aromatic nitrogens is 4. The second-order valence-electron chi connectivity index (χ2n) is 4.30. The Bertz CT molecular complexity index is 607. The molecule has 0 saturated carbocycles. The normalized spacial score (nSPS) is 28.4. The van der Waals surface area contributed by atoms with Crippen molar-refractivity contribution in [2.24, 2.45) is 0 Å². The van der Waals surface area contributed by atoms with Crippen molar-refractivity contribution in [1.82, 2.24) is 19.9 Å². The second-order valence-corrected chi connectivity index (χ2v) is 4.30. The monoisotopic (exact) mass is 300 g/mol. The number of nitrogen functional groups attached to an aromatic ring is 2. The average molecular weight is 300 g/mol. The van der Waals surface area contributed by atoms with Crippen LogP contribution >= 0.6 is 0 Å². The van der Waals surface area contributed by atoms with Crippen LogP contribution in [0.5, 0.6) is 0 Å². The van der Waals surface area contributed by atoms with Gasteiger partial charge in [0.1, 0.15) is 23.8 Å². The van der Waals surface area contributed by atoms with Gasteiger partial charge in [0.2, 0.25) is 5.95 Å². The number of hydrogen-bond donors (Lipinski definition) is 7. The number of aliphatic hydroxyl groups excluding tert-OH is 4. The first-order valence-corrected chi connectivity index (χ1v) is 5.96. The number of aromatic amines is 1. The number of fused-ring (bicyclic) bond motifs is 1. The van der Waals surface area contributed by atoms with E-state index in [0.717, 1.165) is 0 Å². The molecule has 0 aliphatic carbocycles. The van der Waals surface area contributed by atoms with Crippen LogP contribution in [-0.2, 0) is 4.74 Å². The molecular weight excluding hydrogens is 284 g/mol. The molecule has 0 unspecified atom stereocenters. The van der Waals surface area contributed by atoms with Crippen molar-refractivity contribution in [2.45, 2.75) is 24.6 Å². The number of ether oxygens (including phenoxy) is 1. The number of anilines is 2. The van der Waals surface area contributed by atoms with Crippen molar-refractivity contribution in [3.63, 3.8) is 0 Å². The molecule has 4 atom stereocenters. The van der Waals surface area contributed by atoms with Gasteiger partial charge in [-0.05, 0) is 0 Å². The van der Waals surface area contributed by atoms with Gasteiger partial charge in [-0.3, -0.25) is 0 Å². The van der Waals surface area contributed by atoms with Crippen molar-refractivity contribution in [1.29, 1.82) is 0 Å². The van der Waals surface area contributed by atoms with Gasteiger partial charge < -0.3 is 41.6 Å². The number of H-pyrrole nitrogens is 1. The minimum atomic E-state index is -1.38. The highest BCUT2D eigenvalue weighted by Gasteiger charge is 2.41. The number of rotatable bonds is 1. The van der Waals surface area contributed by atoms with Crippen LogP contribution in [-0.4, -0.2) is 71.6 Å². The fourth-order valence-corrected chi connectivity index (χ4v) is 1.75. The number of imidazole rings is 1. The summed E-state index contributed by atoms with van der Waals surface area (Å²) in [5, 5.41) is 35.0. The topological polar surface area (TPSA) is 197 Å². The van der Waals surface area contributed by atoms with Crippen LogP contribution in [0, 0.1) is 0 Å². The maximum Gasteiger partial charge on any atom is 0.224 e. The maximum absolute atomic E-state index is 8.93. The van der Waals surface area contributed by atoms with Gasteiger partial charge in [-0.2, -0.15) is 9.97 Å². The Morgan fingerprint density at radius 2 is 1.90 bits per heavy atom. The van der Waals surface area contributed by atoms with E-state index in [-0.39, 0.29) is 5.95 Å². The molecule has 3 heterocycles. The zero-order valence-corrected chi connectivity index (χ0v) is 10.8. The van der Waals surface area contributed by atoms with Gasteiger partial charge in [0, 0.05) is 0 Å².